The number of hydrogen-bond acceptors (Lipinski definition) is 7. The van der Waals surface area contributed by atoms with E-state index in [2.05, 4.69) is 9.97 Å². The lowest BCUT2D eigenvalue weighted by Gasteiger charge is -2.08. The number of aromatic nitrogens is 2. The highest BCUT2D eigenvalue weighted by atomic mass is 19.4. The fraction of sp³-hybridized carbons (Fsp3) is 0.0500. The number of non-ortho nitro benzene ring substituents is 1. The second kappa shape index (κ2) is 13.9. The van der Waals surface area contributed by atoms with Crippen molar-refractivity contribution in [2.24, 2.45) is 0 Å². The number of fused-ring (bicyclic) bond motifs is 2. The first kappa shape index (κ1) is 35.4. The molecule has 0 bridgehead atoms. The van der Waals surface area contributed by atoms with E-state index >= 15 is 0 Å². The minimum atomic E-state index is -4.37. The fourth-order valence-electron chi connectivity index (χ4n) is 5.53. The third-order valence-corrected chi connectivity index (χ3v) is 8.35. The van der Waals surface area contributed by atoms with Gasteiger partial charge < -0.3 is 14.6 Å². The number of benzene rings is 6. The molecule has 0 fully saturated rings. The van der Waals surface area contributed by atoms with Crippen LogP contribution in [-0.4, -0.2) is 14.9 Å². The van der Waals surface area contributed by atoms with Crippen molar-refractivity contribution in [1.29, 1.82) is 0 Å². The van der Waals surface area contributed by atoms with Crippen molar-refractivity contribution in [2.45, 2.75) is 12.4 Å². The minimum absolute atomic E-state index is 0.0787. The van der Waals surface area contributed by atoms with Crippen molar-refractivity contribution in [3.63, 3.8) is 0 Å². The molecule has 2 aromatic heterocycles. The van der Waals surface area contributed by atoms with Gasteiger partial charge in [0.05, 0.1) is 16.1 Å². The standard InChI is InChI=1S/C20H11F3N2O3.C20H13F3N2O/c21-20(22,23)15-7-5-13(6-8-15)12-1-3-14(4-2-12)19-24-17-11-16(25(26)27)9-10-18(17)28-19;21-20(22,23)15-7-5-13(6-8-15)12-1-3-14(4-2-12)19-25-17-11-16(24)9-10-18(17)26-19/h1-11H;1-11H,24H2. The summed E-state index contributed by atoms with van der Waals surface area (Å²) >= 11 is 0. The van der Waals surface area contributed by atoms with E-state index in [9.17, 15) is 36.5 Å². The summed E-state index contributed by atoms with van der Waals surface area (Å²) in [5.74, 6) is 0.763. The molecule has 14 heteroatoms. The van der Waals surface area contributed by atoms with Crippen LogP contribution in [0.1, 0.15) is 11.1 Å². The van der Waals surface area contributed by atoms with Gasteiger partial charge in [-0.3, -0.25) is 10.1 Å². The molecule has 8 rings (SSSR count). The SMILES string of the molecule is Nc1ccc2oc(-c3ccc(-c4ccc(C(F)(F)F)cc4)cc3)nc2c1.O=[N+]([O-])c1ccc2oc(-c3ccc(-c4ccc(C(F)(F)F)cc4)cc3)nc2c1. The molecule has 0 aliphatic carbocycles. The highest BCUT2D eigenvalue weighted by Crippen LogP contribution is 2.34. The Hall–Kier alpha value is -6.96. The van der Waals surface area contributed by atoms with E-state index < -0.39 is 28.4 Å². The summed E-state index contributed by atoms with van der Waals surface area (Å²) in [6, 6.07) is 33.6. The summed E-state index contributed by atoms with van der Waals surface area (Å²) in [5.41, 5.74) is 11.3. The van der Waals surface area contributed by atoms with Crippen molar-refractivity contribution in [2.75, 3.05) is 5.73 Å². The molecule has 0 aliphatic rings. The number of nitro groups is 1. The van der Waals surface area contributed by atoms with Gasteiger partial charge in [-0.2, -0.15) is 26.3 Å². The number of rotatable bonds is 5. The summed E-state index contributed by atoms with van der Waals surface area (Å²) in [5, 5.41) is 10.9. The van der Waals surface area contributed by atoms with Crippen LogP contribution in [-0.2, 0) is 12.4 Å². The van der Waals surface area contributed by atoms with E-state index in [0.29, 0.717) is 56.4 Å². The van der Waals surface area contributed by atoms with Crippen LogP contribution >= 0.6 is 0 Å². The molecule has 8 aromatic rings. The summed E-state index contributed by atoms with van der Waals surface area (Å²) in [4.78, 5) is 19.0. The molecular formula is C40H24F6N4O4. The van der Waals surface area contributed by atoms with E-state index in [-0.39, 0.29) is 5.69 Å². The van der Waals surface area contributed by atoms with Crippen LogP contribution in [0.15, 0.2) is 142 Å². The molecule has 2 heterocycles. The Labute approximate surface area is 301 Å². The summed E-state index contributed by atoms with van der Waals surface area (Å²) < 4.78 is 87.3. The predicted octanol–water partition coefficient (Wildman–Crippen LogP) is 11.9. The van der Waals surface area contributed by atoms with Gasteiger partial charge in [0.25, 0.3) is 5.69 Å². The lowest BCUT2D eigenvalue weighted by molar-refractivity contribution is -0.384. The number of oxazole rings is 2. The van der Waals surface area contributed by atoms with Crippen molar-refractivity contribution < 1.29 is 40.1 Å². The minimum Gasteiger partial charge on any atom is -0.436 e. The number of nitrogens with two attached hydrogens (primary N) is 1. The fourth-order valence-corrected chi connectivity index (χ4v) is 5.53. The van der Waals surface area contributed by atoms with Gasteiger partial charge in [-0.15, -0.1) is 0 Å². The Kier molecular flexibility index (Phi) is 9.11. The Bertz CT molecular complexity index is 2600. The highest BCUT2D eigenvalue weighted by Gasteiger charge is 2.30. The molecule has 270 valence electrons. The van der Waals surface area contributed by atoms with Crippen molar-refractivity contribution >= 4 is 33.6 Å². The number of halogens is 6. The van der Waals surface area contributed by atoms with Crippen LogP contribution in [0, 0.1) is 10.1 Å². The lowest BCUT2D eigenvalue weighted by Crippen LogP contribution is -2.03. The molecule has 0 spiro atoms. The van der Waals surface area contributed by atoms with Crippen LogP contribution < -0.4 is 5.73 Å². The van der Waals surface area contributed by atoms with E-state index in [4.69, 9.17) is 14.6 Å². The number of anilines is 1. The molecule has 6 aromatic carbocycles. The first-order valence-electron chi connectivity index (χ1n) is 16.0. The van der Waals surface area contributed by atoms with Crippen molar-refractivity contribution in [1.82, 2.24) is 9.97 Å². The first-order chi connectivity index (χ1) is 25.7. The Morgan fingerprint density at radius 3 is 1.24 bits per heavy atom. The van der Waals surface area contributed by atoms with Gasteiger partial charge in [0.15, 0.2) is 11.2 Å². The maximum atomic E-state index is 12.7. The molecule has 0 aliphatic heterocycles. The third kappa shape index (κ3) is 7.62. The number of nitrogen functional groups attached to an aromatic ring is 1. The van der Waals surface area contributed by atoms with Gasteiger partial charge in [0.1, 0.15) is 11.0 Å². The van der Waals surface area contributed by atoms with E-state index in [1.54, 1.807) is 42.5 Å². The van der Waals surface area contributed by atoms with E-state index in [1.807, 2.05) is 24.3 Å². The van der Waals surface area contributed by atoms with Crippen molar-refractivity contribution in [3.05, 3.63) is 155 Å². The first-order valence-corrected chi connectivity index (χ1v) is 16.0. The number of hydrogen-bond donors (Lipinski definition) is 1. The Balaban J connectivity index is 0.000000167. The average molecular weight is 739 g/mol. The zero-order valence-corrected chi connectivity index (χ0v) is 27.5. The Morgan fingerprint density at radius 2 is 0.852 bits per heavy atom. The van der Waals surface area contributed by atoms with Crippen LogP contribution in [0.2, 0.25) is 0 Å². The smallest absolute Gasteiger partial charge is 0.416 e. The van der Waals surface area contributed by atoms with Crippen LogP contribution in [0.4, 0.5) is 37.7 Å². The van der Waals surface area contributed by atoms with Crippen LogP contribution in [0.3, 0.4) is 0 Å². The second-order valence-electron chi connectivity index (χ2n) is 12.0. The van der Waals surface area contributed by atoms with Gasteiger partial charge in [0, 0.05) is 28.9 Å². The van der Waals surface area contributed by atoms with Crippen molar-refractivity contribution in [3.8, 4) is 45.2 Å². The normalized spacial score (nSPS) is 11.7. The predicted molar refractivity (Wildman–Crippen MR) is 191 cm³/mol. The number of alkyl halides is 6. The lowest BCUT2D eigenvalue weighted by atomic mass is 10.0. The number of nitro benzene ring substituents is 1. The number of nitrogens with zero attached hydrogens (tertiary/aromatic N) is 3. The maximum Gasteiger partial charge on any atom is 0.416 e. The van der Waals surface area contributed by atoms with Gasteiger partial charge in [0.2, 0.25) is 11.8 Å². The van der Waals surface area contributed by atoms with Gasteiger partial charge >= 0.3 is 12.4 Å². The molecular weight excluding hydrogens is 714 g/mol. The molecule has 2 N–H and O–H groups in total. The topological polar surface area (TPSA) is 121 Å². The quantitative estimate of drug-likeness (QED) is 0.0807. The average Bonchev–Trinajstić information content (AvgIpc) is 3.79. The molecule has 0 atom stereocenters. The molecule has 0 unspecified atom stereocenters. The summed E-state index contributed by atoms with van der Waals surface area (Å²) in [7, 11) is 0. The molecule has 8 nitrogen and oxygen atoms in total. The van der Waals surface area contributed by atoms with E-state index in [1.165, 1.54) is 42.5 Å². The van der Waals surface area contributed by atoms with Crippen LogP contribution in [0.25, 0.3) is 67.4 Å². The highest BCUT2D eigenvalue weighted by molar-refractivity contribution is 5.81. The van der Waals surface area contributed by atoms with Gasteiger partial charge in [-0.25, -0.2) is 9.97 Å². The largest absolute Gasteiger partial charge is 0.436 e. The second-order valence-corrected chi connectivity index (χ2v) is 12.0. The zero-order valence-electron chi connectivity index (χ0n) is 27.5. The van der Waals surface area contributed by atoms with Gasteiger partial charge in [-0.05, 0) is 95.1 Å². The van der Waals surface area contributed by atoms with Gasteiger partial charge in [-0.1, -0.05) is 48.5 Å². The Morgan fingerprint density at radius 1 is 0.500 bits per heavy atom. The molecule has 0 radical (unpaired) electrons. The van der Waals surface area contributed by atoms with Crippen LogP contribution in [0.5, 0.6) is 0 Å². The molecule has 0 amide bonds. The molecule has 0 saturated heterocycles. The zero-order chi connectivity index (χ0) is 38.2. The molecule has 54 heavy (non-hydrogen) atoms. The van der Waals surface area contributed by atoms with E-state index in [0.717, 1.165) is 41.0 Å². The maximum absolute atomic E-state index is 12.7. The summed E-state index contributed by atoms with van der Waals surface area (Å²) in [6.07, 6.45) is -8.71. The monoisotopic (exact) mass is 738 g/mol. The molecule has 0 saturated carbocycles. The third-order valence-electron chi connectivity index (χ3n) is 8.35. The summed E-state index contributed by atoms with van der Waals surface area (Å²) in [6.45, 7) is 0.